The van der Waals surface area contributed by atoms with E-state index in [9.17, 15) is 0 Å². The standard InChI is InChI=1S/C30H43NO/c1-8-13-22(9-2)24-16-18-25(19-17-24)26-27-28(26)32-29(5,6)30(7,31-27)21(4)20(3)23-14-11-10-12-15-23/h10-12,14-22,26-28,31H,8-9,13H2,1-7H3. The summed E-state index contributed by atoms with van der Waals surface area (Å²) < 4.78 is 6.81. The zero-order chi connectivity index (χ0) is 23.1. The topological polar surface area (TPSA) is 21.3 Å². The Morgan fingerprint density at radius 3 is 2.16 bits per heavy atom. The number of nitrogens with one attached hydrogen (secondary N) is 1. The summed E-state index contributed by atoms with van der Waals surface area (Å²) in [6, 6.07) is 20.8. The van der Waals surface area contributed by atoms with Gasteiger partial charge in [0, 0.05) is 17.5 Å². The molecular weight excluding hydrogens is 390 g/mol. The SMILES string of the molecule is CCCC(CC)c1ccc(C2C3NC(C)(C(C)C(C)c4ccccc4)C(C)(C)OC32)cc1. The normalized spacial score (nSPS) is 31.4. The maximum atomic E-state index is 6.81. The van der Waals surface area contributed by atoms with Crippen molar-refractivity contribution in [1.82, 2.24) is 5.32 Å². The molecule has 2 aliphatic rings. The number of rotatable bonds is 8. The van der Waals surface area contributed by atoms with E-state index in [4.69, 9.17) is 4.74 Å². The summed E-state index contributed by atoms with van der Waals surface area (Å²) in [7, 11) is 0. The molecule has 2 nitrogen and oxygen atoms in total. The second kappa shape index (κ2) is 8.95. The molecule has 0 aromatic heterocycles. The van der Waals surface area contributed by atoms with Gasteiger partial charge in [0.25, 0.3) is 0 Å². The van der Waals surface area contributed by atoms with Crippen molar-refractivity contribution in [3.8, 4) is 0 Å². The van der Waals surface area contributed by atoms with Crippen molar-refractivity contribution in [3.05, 3.63) is 71.3 Å². The molecule has 2 aromatic rings. The molecule has 1 heterocycles. The third-order valence-corrected chi connectivity index (χ3v) is 9.01. The van der Waals surface area contributed by atoms with E-state index in [1.165, 1.54) is 36.0 Å². The van der Waals surface area contributed by atoms with Crippen LogP contribution in [0.15, 0.2) is 54.6 Å². The zero-order valence-electron chi connectivity index (χ0n) is 21.2. The summed E-state index contributed by atoms with van der Waals surface area (Å²) in [6.07, 6.45) is 4.02. The lowest BCUT2D eigenvalue weighted by molar-refractivity contribution is -0.137. The summed E-state index contributed by atoms with van der Waals surface area (Å²) in [6.45, 7) is 16.3. The Morgan fingerprint density at radius 1 is 0.906 bits per heavy atom. The summed E-state index contributed by atoms with van der Waals surface area (Å²) in [5.41, 5.74) is 3.98. The first-order valence-electron chi connectivity index (χ1n) is 12.8. The van der Waals surface area contributed by atoms with E-state index in [2.05, 4.69) is 108 Å². The van der Waals surface area contributed by atoms with Gasteiger partial charge in [-0.3, -0.25) is 0 Å². The van der Waals surface area contributed by atoms with E-state index in [1.54, 1.807) is 0 Å². The molecule has 0 spiro atoms. The van der Waals surface area contributed by atoms with E-state index < -0.39 is 0 Å². The molecule has 0 bridgehead atoms. The molecule has 2 fully saturated rings. The van der Waals surface area contributed by atoms with Crippen LogP contribution < -0.4 is 5.32 Å². The van der Waals surface area contributed by atoms with Gasteiger partial charge in [-0.15, -0.1) is 0 Å². The lowest BCUT2D eigenvalue weighted by Gasteiger charge is -2.53. The van der Waals surface area contributed by atoms with Gasteiger partial charge in [-0.05, 0) is 68.1 Å². The first-order chi connectivity index (χ1) is 15.2. The largest absolute Gasteiger partial charge is 0.368 e. The third kappa shape index (κ3) is 4.05. The fourth-order valence-electron chi connectivity index (χ4n) is 6.15. The molecule has 32 heavy (non-hydrogen) atoms. The average Bonchev–Trinajstić information content (AvgIpc) is 3.47. The summed E-state index contributed by atoms with van der Waals surface area (Å²) >= 11 is 0. The van der Waals surface area contributed by atoms with Crippen molar-refractivity contribution in [1.29, 1.82) is 0 Å². The zero-order valence-corrected chi connectivity index (χ0v) is 21.2. The van der Waals surface area contributed by atoms with Crippen LogP contribution in [0.4, 0.5) is 0 Å². The highest BCUT2D eigenvalue weighted by atomic mass is 16.5. The van der Waals surface area contributed by atoms with Crippen LogP contribution in [0.3, 0.4) is 0 Å². The maximum Gasteiger partial charge on any atom is 0.0827 e. The van der Waals surface area contributed by atoms with Crippen LogP contribution >= 0.6 is 0 Å². The van der Waals surface area contributed by atoms with Gasteiger partial charge in [0.1, 0.15) is 0 Å². The second-order valence-corrected chi connectivity index (χ2v) is 11.0. The Labute approximate surface area is 196 Å². The molecule has 4 rings (SSSR count). The molecule has 1 N–H and O–H groups in total. The molecule has 2 heteroatoms. The van der Waals surface area contributed by atoms with Crippen molar-refractivity contribution < 1.29 is 4.74 Å². The predicted molar refractivity (Wildman–Crippen MR) is 135 cm³/mol. The number of morpholine rings is 1. The molecule has 0 amide bonds. The minimum absolute atomic E-state index is 0.105. The van der Waals surface area contributed by atoms with E-state index in [-0.39, 0.29) is 17.2 Å². The molecule has 7 unspecified atom stereocenters. The Kier molecular flexibility index (Phi) is 6.58. The van der Waals surface area contributed by atoms with Gasteiger partial charge >= 0.3 is 0 Å². The van der Waals surface area contributed by atoms with Gasteiger partial charge in [-0.1, -0.05) is 88.7 Å². The number of benzene rings is 2. The van der Waals surface area contributed by atoms with Crippen LogP contribution in [0.5, 0.6) is 0 Å². The Morgan fingerprint density at radius 2 is 1.56 bits per heavy atom. The van der Waals surface area contributed by atoms with Crippen LogP contribution in [0, 0.1) is 5.92 Å². The highest BCUT2D eigenvalue weighted by Crippen LogP contribution is 2.55. The lowest BCUT2D eigenvalue weighted by Crippen LogP contribution is -2.67. The monoisotopic (exact) mass is 433 g/mol. The molecule has 1 saturated heterocycles. The molecular formula is C30H43NO. The van der Waals surface area contributed by atoms with E-state index >= 15 is 0 Å². The molecule has 1 aliphatic carbocycles. The van der Waals surface area contributed by atoms with Gasteiger partial charge in [-0.2, -0.15) is 0 Å². The highest BCUT2D eigenvalue weighted by molar-refractivity contribution is 5.38. The van der Waals surface area contributed by atoms with Crippen molar-refractivity contribution in [3.63, 3.8) is 0 Å². The number of ether oxygens (including phenoxy) is 1. The Balaban J connectivity index is 1.52. The highest BCUT2D eigenvalue weighted by Gasteiger charge is 2.65. The van der Waals surface area contributed by atoms with Crippen LogP contribution in [0.1, 0.15) is 102 Å². The van der Waals surface area contributed by atoms with Crippen LogP contribution in [0.25, 0.3) is 0 Å². The molecule has 174 valence electrons. The van der Waals surface area contributed by atoms with Gasteiger partial charge in [0.05, 0.1) is 11.7 Å². The van der Waals surface area contributed by atoms with E-state index in [1.807, 2.05) is 0 Å². The fraction of sp³-hybridized carbons (Fsp3) is 0.600. The lowest BCUT2D eigenvalue weighted by atomic mass is 9.67. The van der Waals surface area contributed by atoms with E-state index in [0.717, 1.165) is 0 Å². The Hall–Kier alpha value is -1.64. The van der Waals surface area contributed by atoms with Crippen molar-refractivity contribution in [2.24, 2.45) is 5.92 Å². The molecule has 7 atom stereocenters. The smallest absolute Gasteiger partial charge is 0.0827 e. The number of fused-ring (bicyclic) bond motifs is 1. The van der Waals surface area contributed by atoms with Gasteiger partial charge in [0.2, 0.25) is 0 Å². The minimum Gasteiger partial charge on any atom is -0.368 e. The Bertz CT molecular complexity index is 889. The fourth-order valence-corrected chi connectivity index (χ4v) is 6.15. The average molecular weight is 434 g/mol. The van der Waals surface area contributed by atoms with Crippen molar-refractivity contribution >= 4 is 0 Å². The second-order valence-electron chi connectivity index (χ2n) is 11.0. The summed E-state index contributed by atoms with van der Waals surface area (Å²) in [4.78, 5) is 0. The summed E-state index contributed by atoms with van der Waals surface area (Å²) in [5.74, 6) is 2.03. The number of hydrogen-bond acceptors (Lipinski definition) is 2. The van der Waals surface area contributed by atoms with Crippen molar-refractivity contribution in [2.45, 2.75) is 109 Å². The summed E-state index contributed by atoms with van der Waals surface area (Å²) in [5, 5.41) is 4.10. The molecule has 1 saturated carbocycles. The number of hydrogen-bond donors (Lipinski definition) is 1. The molecule has 1 aliphatic heterocycles. The quantitative estimate of drug-likeness (QED) is 0.468. The van der Waals surface area contributed by atoms with E-state index in [0.29, 0.717) is 29.7 Å². The molecule has 2 aromatic carbocycles. The third-order valence-electron chi connectivity index (χ3n) is 9.01. The van der Waals surface area contributed by atoms with Crippen LogP contribution in [-0.2, 0) is 4.74 Å². The van der Waals surface area contributed by atoms with Gasteiger partial charge in [0.15, 0.2) is 0 Å². The predicted octanol–water partition coefficient (Wildman–Crippen LogP) is 7.41. The first kappa shape index (κ1) is 23.5. The van der Waals surface area contributed by atoms with Gasteiger partial charge in [-0.25, -0.2) is 0 Å². The van der Waals surface area contributed by atoms with Crippen LogP contribution in [0.2, 0.25) is 0 Å². The van der Waals surface area contributed by atoms with Crippen LogP contribution in [-0.4, -0.2) is 23.3 Å². The maximum absolute atomic E-state index is 6.81. The van der Waals surface area contributed by atoms with Gasteiger partial charge < -0.3 is 10.1 Å². The van der Waals surface area contributed by atoms with Crippen molar-refractivity contribution in [2.75, 3.05) is 0 Å². The minimum atomic E-state index is -0.236. The first-order valence-corrected chi connectivity index (χ1v) is 12.8. The molecule has 0 radical (unpaired) electrons.